The third kappa shape index (κ3) is 3.39. The van der Waals surface area contributed by atoms with Crippen molar-refractivity contribution in [1.82, 2.24) is 4.98 Å². The molecule has 1 saturated heterocycles. The summed E-state index contributed by atoms with van der Waals surface area (Å²) in [7, 11) is -0.440. The summed E-state index contributed by atoms with van der Waals surface area (Å²) in [6, 6.07) is 8.10. The van der Waals surface area contributed by atoms with Crippen LogP contribution in [0.15, 0.2) is 66.7 Å². The van der Waals surface area contributed by atoms with Crippen molar-refractivity contribution in [2.45, 2.75) is 45.8 Å². The van der Waals surface area contributed by atoms with E-state index in [0.29, 0.717) is 5.56 Å². The zero-order chi connectivity index (χ0) is 24.3. The van der Waals surface area contributed by atoms with Crippen LogP contribution in [0.2, 0.25) is 0 Å². The van der Waals surface area contributed by atoms with Crippen LogP contribution in [0.25, 0.3) is 22.4 Å². The first-order valence-electron chi connectivity index (χ1n) is 11.8. The summed E-state index contributed by atoms with van der Waals surface area (Å²) in [5.41, 5.74) is 3.18. The van der Waals surface area contributed by atoms with Crippen LogP contribution in [0.5, 0.6) is 0 Å². The van der Waals surface area contributed by atoms with Crippen molar-refractivity contribution in [3.8, 4) is 22.4 Å². The van der Waals surface area contributed by atoms with Gasteiger partial charge < -0.3 is 9.31 Å². The van der Waals surface area contributed by atoms with Crippen molar-refractivity contribution in [3.63, 3.8) is 0 Å². The van der Waals surface area contributed by atoms with E-state index in [1.807, 2.05) is 65.0 Å². The van der Waals surface area contributed by atoms with Crippen LogP contribution in [0, 0.1) is 6.92 Å². The number of pyridine rings is 1. The van der Waals surface area contributed by atoms with E-state index in [4.69, 9.17) is 16.2 Å². The highest BCUT2D eigenvalue weighted by atomic mass is 16.7. The number of benzene rings is 2. The van der Waals surface area contributed by atoms with Crippen LogP contribution in [-0.4, -0.2) is 23.3 Å². The van der Waals surface area contributed by atoms with E-state index in [1.165, 1.54) is 0 Å². The van der Waals surface area contributed by atoms with Gasteiger partial charge in [-0.1, -0.05) is 54.5 Å². The normalized spacial score (nSPS) is 20.2. The fraction of sp³-hybridized carbons (Fsp3) is 0.292. The first-order chi connectivity index (χ1) is 15.3. The number of nitrogens with zero attached hydrogens (tertiary/aromatic N) is 1. The fourth-order valence-corrected chi connectivity index (χ4v) is 3.15. The Morgan fingerprint density at radius 2 is 1.50 bits per heavy atom. The molecule has 2 aromatic carbocycles. The van der Waals surface area contributed by atoms with Crippen LogP contribution >= 0.6 is 0 Å². The molecule has 1 aliphatic heterocycles. The molecule has 1 aromatic heterocycles. The van der Waals surface area contributed by atoms with Gasteiger partial charge >= 0.3 is 7.12 Å². The molecule has 0 bridgehead atoms. The standard InChI is InChI=1S/C24H26BNO2/c1-17-15-22(26-16-21(17)18-9-7-6-8-10-18)19-11-13-20(14-12-19)25-27-23(2,3)24(4,5)28-25/h6-16H,1-5H3/i6D,7D,8D,9D,10D. The maximum Gasteiger partial charge on any atom is 0.494 e. The minimum Gasteiger partial charge on any atom is -0.399 e. The Labute approximate surface area is 174 Å². The predicted octanol–water partition coefficient (Wildman–Crippen LogP) is 5.02. The van der Waals surface area contributed by atoms with Gasteiger partial charge in [-0.15, -0.1) is 0 Å². The van der Waals surface area contributed by atoms with Crippen molar-refractivity contribution in [2.75, 3.05) is 0 Å². The number of rotatable bonds is 3. The lowest BCUT2D eigenvalue weighted by atomic mass is 9.78. The largest absolute Gasteiger partial charge is 0.494 e. The van der Waals surface area contributed by atoms with E-state index in [2.05, 4.69) is 4.98 Å². The van der Waals surface area contributed by atoms with E-state index >= 15 is 0 Å². The highest BCUT2D eigenvalue weighted by Gasteiger charge is 2.51. The van der Waals surface area contributed by atoms with Crippen molar-refractivity contribution >= 4 is 12.6 Å². The first kappa shape index (κ1) is 13.7. The molecule has 142 valence electrons. The molecule has 4 heteroatoms. The van der Waals surface area contributed by atoms with Gasteiger partial charge in [0.15, 0.2) is 0 Å². The molecule has 0 saturated carbocycles. The van der Waals surface area contributed by atoms with Gasteiger partial charge in [0.2, 0.25) is 0 Å². The lowest BCUT2D eigenvalue weighted by molar-refractivity contribution is 0.00578. The minimum atomic E-state index is -0.440. The Morgan fingerprint density at radius 3 is 2.07 bits per heavy atom. The molecule has 4 rings (SSSR count). The SMILES string of the molecule is [2H]c1c([2H])c([2H])c(-c2cnc(-c3ccc(B4OC(C)(C)C(C)(C)O4)cc3)cc2C)c([2H])c1[2H]. The van der Waals surface area contributed by atoms with Crippen molar-refractivity contribution in [3.05, 3.63) is 72.3 Å². The molecular formula is C24H26BNO2. The summed E-state index contributed by atoms with van der Waals surface area (Å²) in [6.45, 7) is 9.92. The number of aromatic nitrogens is 1. The van der Waals surface area contributed by atoms with Gasteiger partial charge in [0.1, 0.15) is 0 Å². The molecule has 2 heterocycles. The molecule has 0 N–H and O–H groups in total. The molecule has 0 spiro atoms. The second kappa shape index (κ2) is 6.87. The smallest absolute Gasteiger partial charge is 0.399 e. The number of aryl methyl sites for hydroxylation is 1. The second-order valence-electron chi connectivity index (χ2n) is 8.09. The van der Waals surface area contributed by atoms with E-state index in [-0.39, 0.29) is 29.7 Å². The third-order valence-electron chi connectivity index (χ3n) is 5.61. The van der Waals surface area contributed by atoms with Crippen LogP contribution in [-0.2, 0) is 9.31 Å². The molecule has 0 unspecified atom stereocenters. The van der Waals surface area contributed by atoms with Gasteiger partial charge in [-0.3, -0.25) is 4.98 Å². The maximum atomic E-state index is 8.22. The molecule has 3 aromatic rings. The van der Waals surface area contributed by atoms with Crippen LogP contribution in [0.4, 0.5) is 0 Å². The zero-order valence-corrected chi connectivity index (χ0v) is 16.8. The van der Waals surface area contributed by atoms with Crippen LogP contribution in [0.3, 0.4) is 0 Å². The summed E-state index contributed by atoms with van der Waals surface area (Å²) in [5, 5.41) is 0. The monoisotopic (exact) mass is 376 g/mol. The average molecular weight is 376 g/mol. The summed E-state index contributed by atoms with van der Waals surface area (Å²) < 4.78 is 52.3. The van der Waals surface area contributed by atoms with Crippen molar-refractivity contribution in [1.29, 1.82) is 0 Å². The Morgan fingerprint density at radius 1 is 0.893 bits per heavy atom. The predicted molar refractivity (Wildman–Crippen MR) is 116 cm³/mol. The summed E-state index contributed by atoms with van der Waals surface area (Å²) in [4.78, 5) is 4.53. The fourth-order valence-electron chi connectivity index (χ4n) is 3.15. The summed E-state index contributed by atoms with van der Waals surface area (Å²) >= 11 is 0. The molecule has 0 radical (unpaired) electrons. The van der Waals surface area contributed by atoms with E-state index in [0.717, 1.165) is 22.3 Å². The number of hydrogen-bond acceptors (Lipinski definition) is 3. The van der Waals surface area contributed by atoms with Gasteiger partial charge in [-0.05, 0) is 57.3 Å². The van der Waals surface area contributed by atoms with Gasteiger partial charge in [0.05, 0.1) is 23.7 Å². The van der Waals surface area contributed by atoms with Crippen molar-refractivity contribution < 1.29 is 16.2 Å². The minimum absolute atomic E-state index is 0.161. The average Bonchev–Trinajstić information content (AvgIpc) is 2.99. The Balaban J connectivity index is 1.65. The van der Waals surface area contributed by atoms with Crippen molar-refractivity contribution in [2.24, 2.45) is 0 Å². The number of hydrogen-bond donors (Lipinski definition) is 0. The lowest BCUT2D eigenvalue weighted by Crippen LogP contribution is -2.41. The quantitative estimate of drug-likeness (QED) is 0.602. The van der Waals surface area contributed by atoms with Gasteiger partial charge in [0, 0.05) is 17.3 Å². The highest BCUT2D eigenvalue weighted by molar-refractivity contribution is 6.62. The van der Waals surface area contributed by atoms with E-state index in [9.17, 15) is 0 Å². The molecular weight excluding hydrogens is 345 g/mol. The molecule has 1 aliphatic rings. The van der Waals surface area contributed by atoms with Crippen LogP contribution in [0.1, 0.15) is 40.1 Å². The van der Waals surface area contributed by atoms with Gasteiger partial charge in [0.25, 0.3) is 0 Å². The molecule has 0 amide bonds. The summed E-state index contributed by atoms with van der Waals surface area (Å²) in [5.74, 6) is 0. The Bertz CT molecular complexity index is 1200. The molecule has 1 fully saturated rings. The molecule has 3 nitrogen and oxygen atoms in total. The van der Waals surface area contributed by atoms with Crippen LogP contribution < -0.4 is 5.46 Å². The topological polar surface area (TPSA) is 31.4 Å². The molecule has 0 aliphatic carbocycles. The van der Waals surface area contributed by atoms with Gasteiger partial charge in [-0.25, -0.2) is 0 Å². The highest BCUT2D eigenvalue weighted by Crippen LogP contribution is 2.36. The second-order valence-corrected chi connectivity index (χ2v) is 8.09. The summed E-state index contributed by atoms with van der Waals surface area (Å²) in [6.07, 6.45) is 1.57. The first-order valence-corrected chi connectivity index (χ1v) is 9.34. The Kier molecular flexibility index (Phi) is 3.36. The maximum absolute atomic E-state index is 8.22. The molecule has 0 atom stereocenters. The lowest BCUT2D eigenvalue weighted by Gasteiger charge is -2.32. The third-order valence-corrected chi connectivity index (χ3v) is 5.61. The van der Waals surface area contributed by atoms with E-state index in [1.54, 1.807) is 6.20 Å². The van der Waals surface area contributed by atoms with E-state index < -0.39 is 24.4 Å². The molecule has 28 heavy (non-hydrogen) atoms. The Hall–Kier alpha value is -2.43. The van der Waals surface area contributed by atoms with Gasteiger partial charge in [-0.2, -0.15) is 0 Å². The zero-order valence-electron chi connectivity index (χ0n) is 21.8.